The van der Waals surface area contributed by atoms with E-state index in [1.54, 1.807) is 0 Å². The second-order valence-electron chi connectivity index (χ2n) is 5.25. The third kappa shape index (κ3) is 2.41. The molecule has 1 unspecified atom stereocenters. The monoisotopic (exact) mass is 245 g/mol. The molecule has 3 heteroatoms. The van der Waals surface area contributed by atoms with Crippen molar-refractivity contribution < 1.29 is 9.53 Å². The second kappa shape index (κ2) is 5.11. The highest BCUT2D eigenvalue weighted by atomic mass is 16.5. The lowest BCUT2D eigenvalue weighted by Gasteiger charge is -2.32. The number of fused-ring (bicyclic) bond motifs is 1. The molecule has 3 nitrogen and oxygen atoms in total. The van der Waals surface area contributed by atoms with Gasteiger partial charge in [-0.2, -0.15) is 0 Å². The predicted octanol–water partition coefficient (Wildman–Crippen LogP) is 2.22. The summed E-state index contributed by atoms with van der Waals surface area (Å²) in [4.78, 5) is 13.8. The number of carbonyl (C=O) groups is 1. The number of carbonyl (C=O) groups excluding carboxylic acids is 1. The topological polar surface area (TPSA) is 29.5 Å². The van der Waals surface area contributed by atoms with E-state index in [0.717, 1.165) is 44.7 Å². The number of rotatable bonds is 2. The van der Waals surface area contributed by atoms with Gasteiger partial charge in [-0.05, 0) is 31.0 Å². The highest BCUT2D eigenvalue weighted by Crippen LogP contribution is 2.34. The number of Topliss-reactive ketones (excluding diaryl/α,β-unsaturated/α-hetero) is 1. The molecule has 0 aromatic heterocycles. The lowest BCUT2D eigenvalue weighted by atomic mass is 9.92. The van der Waals surface area contributed by atoms with Crippen LogP contribution in [0.5, 0.6) is 5.75 Å². The summed E-state index contributed by atoms with van der Waals surface area (Å²) in [6, 6.07) is 8.29. The average Bonchev–Trinajstić information content (AvgIpc) is 2.39. The van der Waals surface area contributed by atoms with Crippen molar-refractivity contribution in [2.24, 2.45) is 0 Å². The molecule has 3 rings (SSSR count). The first-order chi connectivity index (χ1) is 8.83. The van der Waals surface area contributed by atoms with Crippen molar-refractivity contribution in [3.8, 4) is 5.75 Å². The van der Waals surface area contributed by atoms with Crippen molar-refractivity contribution in [3.05, 3.63) is 29.8 Å². The van der Waals surface area contributed by atoms with Gasteiger partial charge in [0.15, 0.2) is 0 Å². The first kappa shape index (κ1) is 11.7. The molecule has 0 bridgehead atoms. The Morgan fingerprint density at radius 3 is 3.11 bits per heavy atom. The largest absolute Gasteiger partial charge is 0.493 e. The summed E-state index contributed by atoms with van der Waals surface area (Å²) in [6.45, 7) is 3.49. The Hall–Kier alpha value is -1.35. The molecule has 1 saturated heterocycles. The summed E-state index contributed by atoms with van der Waals surface area (Å²) in [6.07, 6.45) is 2.84. The lowest BCUT2D eigenvalue weighted by Crippen LogP contribution is -2.39. The number of hydrogen-bond donors (Lipinski definition) is 0. The lowest BCUT2D eigenvalue weighted by molar-refractivity contribution is -0.122. The molecule has 0 saturated carbocycles. The van der Waals surface area contributed by atoms with Gasteiger partial charge in [0.1, 0.15) is 11.5 Å². The maximum absolute atomic E-state index is 11.5. The molecule has 96 valence electrons. The number of hydrogen-bond acceptors (Lipinski definition) is 3. The van der Waals surface area contributed by atoms with E-state index in [1.807, 2.05) is 12.1 Å². The zero-order valence-electron chi connectivity index (χ0n) is 10.6. The quantitative estimate of drug-likeness (QED) is 0.800. The van der Waals surface area contributed by atoms with E-state index in [1.165, 1.54) is 5.56 Å². The maximum atomic E-state index is 11.5. The van der Waals surface area contributed by atoms with E-state index in [2.05, 4.69) is 17.0 Å². The highest BCUT2D eigenvalue weighted by molar-refractivity contribution is 5.81. The number of benzene rings is 1. The summed E-state index contributed by atoms with van der Waals surface area (Å²) in [5, 5.41) is 0. The first-order valence-electron chi connectivity index (χ1n) is 6.79. The SMILES string of the molecule is O=C1CCCN(CC2CCOc3ccccc32)C1. The smallest absolute Gasteiger partial charge is 0.146 e. The van der Waals surface area contributed by atoms with Crippen LogP contribution in [0.15, 0.2) is 24.3 Å². The maximum Gasteiger partial charge on any atom is 0.146 e. The average molecular weight is 245 g/mol. The van der Waals surface area contributed by atoms with Crippen LogP contribution in [-0.4, -0.2) is 36.9 Å². The Morgan fingerprint density at radius 2 is 2.22 bits per heavy atom. The minimum atomic E-state index is 0.390. The van der Waals surface area contributed by atoms with Gasteiger partial charge in [0, 0.05) is 18.9 Å². The van der Waals surface area contributed by atoms with Crippen molar-refractivity contribution in [1.29, 1.82) is 0 Å². The van der Waals surface area contributed by atoms with Crippen LogP contribution in [0.4, 0.5) is 0 Å². The molecule has 2 heterocycles. The van der Waals surface area contributed by atoms with E-state index >= 15 is 0 Å². The van der Waals surface area contributed by atoms with Gasteiger partial charge in [-0.25, -0.2) is 0 Å². The Bertz CT molecular complexity index is 444. The third-order valence-electron chi connectivity index (χ3n) is 3.89. The molecule has 0 N–H and O–H groups in total. The van der Waals surface area contributed by atoms with Gasteiger partial charge in [-0.15, -0.1) is 0 Å². The van der Waals surface area contributed by atoms with Crippen molar-refractivity contribution >= 4 is 5.78 Å². The van der Waals surface area contributed by atoms with Crippen LogP contribution in [0.3, 0.4) is 0 Å². The predicted molar refractivity (Wildman–Crippen MR) is 70.0 cm³/mol. The normalized spacial score (nSPS) is 24.4. The molecule has 18 heavy (non-hydrogen) atoms. The number of para-hydroxylation sites is 1. The number of piperidine rings is 1. The van der Waals surface area contributed by atoms with E-state index in [0.29, 0.717) is 18.2 Å². The molecular weight excluding hydrogens is 226 g/mol. The van der Waals surface area contributed by atoms with Crippen LogP contribution in [0.1, 0.15) is 30.7 Å². The molecule has 1 atom stereocenters. The van der Waals surface area contributed by atoms with Crippen molar-refractivity contribution in [1.82, 2.24) is 4.90 Å². The Balaban J connectivity index is 1.72. The zero-order valence-corrected chi connectivity index (χ0v) is 10.6. The Labute approximate surface area is 108 Å². The highest BCUT2D eigenvalue weighted by Gasteiger charge is 2.25. The van der Waals surface area contributed by atoms with E-state index in [-0.39, 0.29) is 0 Å². The van der Waals surface area contributed by atoms with Crippen molar-refractivity contribution in [3.63, 3.8) is 0 Å². The van der Waals surface area contributed by atoms with Gasteiger partial charge < -0.3 is 4.74 Å². The van der Waals surface area contributed by atoms with Gasteiger partial charge in [-0.1, -0.05) is 18.2 Å². The molecular formula is C15H19NO2. The fourth-order valence-electron chi connectivity index (χ4n) is 2.98. The number of nitrogens with zero attached hydrogens (tertiary/aromatic N) is 1. The summed E-state index contributed by atoms with van der Waals surface area (Å²) >= 11 is 0. The van der Waals surface area contributed by atoms with Crippen molar-refractivity contribution in [2.45, 2.75) is 25.2 Å². The minimum absolute atomic E-state index is 0.390. The summed E-state index contributed by atoms with van der Waals surface area (Å²) < 4.78 is 5.68. The summed E-state index contributed by atoms with van der Waals surface area (Å²) in [5.41, 5.74) is 1.31. The Morgan fingerprint density at radius 1 is 1.33 bits per heavy atom. The van der Waals surface area contributed by atoms with Gasteiger partial charge in [0.05, 0.1) is 13.2 Å². The first-order valence-corrected chi connectivity index (χ1v) is 6.79. The molecule has 2 aliphatic heterocycles. The molecule has 0 radical (unpaired) electrons. The molecule has 1 aromatic rings. The standard InChI is InChI=1S/C15H19NO2/c17-13-4-3-8-16(11-13)10-12-7-9-18-15-6-2-1-5-14(12)15/h1-2,5-6,12H,3-4,7-11H2. The van der Waals surface area contributed by atoms with Crippen LogP contribution in [0.2, 0.25) is 0 Å². The number of ether oxygens (including phenoxy) is 1. The molecule has 1 fully saturated rings. The fraction of sp³-hybridized carbons (Fsp3) is 0.533. The van der Waals surface area contributed by atoms with Crippen LogP contribution in [0.25, 0.3) is 0 Å². The van der Waals surface area contributed by atoms with Gasteiger partial charge >= 0.3 is 0 Å². The van der Waals surface area contributed by atoms with Crippen molar-refractivity contribution in [2.75, 3.05) is 26.2 Å². The van der Waals surface area contributed by atoms with Crippen LogP contribution >= 0.6 is 0 Å². The molecule has 0 spiro atoms. The minimum Gasteiger partial charge on any atom is -0.493 e. The third-order valence-corrected chi connectivity index (χ3v) is 3.89. The number of likely N-dealkylation sites (tertiary alicyclic amines) is 1. The summed E-state index contributed by atoms with van der Waals surface area (Å²) in [5.74, 6) is 1.93. The Kier molecular flexibility index (Phi) is 3.33. The van der Waals surface area contributed by atoms with Crippen LogP contribution in [-0.2, 0) is 4.79 Å². The van der Waals surface area contributed by atoms with Gasteiger partial charge in [-0.3, -0.25) is 9.69 Å². The van der Waals surface area contributed by atoms with Gasteiger partial charge in [0.2, 0.25) is 0 Å². The second-order valence-corrected chi connectivity index (χ2v) is 5.25. The fourth-order valence-corrected chi connectivity index (χ4v) is 2.98. The van der Waals surface area contributed by atoms with E-state index in [4.69, 9.17) is 4.74 Å². The van der Waals surface area contributed by atoms with Crippen LogP contribution < -0.4 is 4.74 Å². The molecule has 0 aliphatic carbocycles. The summed E-state index contributed by atoms with van der Waals surface area (Å²) in [7, 11) is 0. The van der Waals surface area contributed by atoms with E-state index in [9.17, 15) is 4.79 Å². The van der Waals surface area contributed by atoms with Crippen LogP contribution in [0, 0.1) is 0 Å². The zero-order chi connectivity index (χ0) is 12.4. The molecule has 0 amide bonds. The molecule has 1 aromatic carbocycles. The number of ketones is 1. The van der Waals surface area contributed by atoms with Gasteiger partial charge in [0.25, 0.3) is 0 Å². The van der Waals surface area contributed by atoms with E-state index < -0.39 is 0 Å². The molecule has 2 aliphatic rings.